The van der Waals surface area contributed by atoms with E-state index in [4.69, 9.17) is 5.73 Å². The molecule has 0 unspecified atom stereocenters. The zero-order valence-electron chi connectivity index (χ0n) is 8.70. The third-order valence-corrected chi connectivity index (χ3v) is 3.70. The van der Waals surface area contributed by atoms with Crippen molar-refractivity contribution < 1.29 is 0 Å². The van der Waals surface area contributed by atoms with Gasteiger partial charge in [-0.3, -0.25) is 4.90 Å². The highest BCUT2D eigenvalue weighted by Crippen LogP contribution is 2.19. The van der Waals surface area contributed by atoms with Crippen molar-refractivity contribution in [3.05, 3.63) is 21.9 Å². The summed E-state index contributed by atoms with van der Waals surface area (Å²) in [7, 11) is 0. The molecule has 78 valence electrons. The third-order valence-electron chi connectivity index (χ3n) is 2.72. The van der Waals surface area contributed by atoms with Crippen molar-refractivity contribution in [3.63, 3.8) is 0 Å². The largest absolute Gasteiger partial charge is 0.327 e. The van der Waals surface area contributed by atoms with Crippen LogP contribution in [0.15, 0.2) is 12.1 Å². The van der Waals surface area contributed by atoms with Crippen LogP contribution in [0.3, 0.4) is 0 Å². The van der Waals surface area contributed by atoms with Crippen LogP contribution in [0.4, 0.5) is 0 Å². The first-order valence-electron chi connectivity index (χ1n) is 5.27. The van der Waals surface area contributed by atoms with E-state index in [1.54, 1.807) is 0 Å². The Hall–Kier alpha value is -0.380. The molecule has 0 saturated carbocycles. The van der Waals surface area contributed by atoms with Crippen molar-refractivity contribution in [3.8, 4) is 0 Å². The molecule has 1 aromatic heterocycles. The Balaban J connectivity index is 1.90. The number of piperidine rings is 1. The first-order chi connectivity index (χ1) is 6.74. The van der Waals surface area contributed by atoms with Crippen LogP contribution >= 0.6 is 11.3 Å². The molecule has 1 saturated heterocycles. The zero-order valence-corrected chi connectivity index (χ0v) is 9.52. The van der Waals surface area contributed by atoms with E-state index in [9.17, 15) is 0 Å². The normalized spacial score (nSPS) is 24.0. The standard InChI is InChI=1S/C11H18N2S/c1-9-4-5-11(14-9)8-13-6-2-3-10(12)7-13/h4-5,10H,2-3,6-8,12H2,1H3/t10-/m1/s1. The van der Waals surface area contributed by atoms with Crippen LogP contribution in [-0.2, 0) is 6.54 Å². The minimum atomic E-state index is 0.393. The molecular formula is C11H18N2S. The van der Waals surface area contributed by atoms with Crippen molar-refractivity contribution in [1.29, 1.82) is 0 Å². The Morgan fingerprint density at radius 1 is 1.57 bits per heavy atom. The number of hydrogen-bond acceptors (Lipinski definition) is 3. The first-order valence-corrected chi connectivity index (χ1v) is 6.09. The Labute approximate surface area is 89.7 Å². The van der Waals surface area contributed by atoms with E-state index in [-0.39, 0.29) is 0 Å². The maximum absolute atomic E-state index is 5.95. The Kier molecular flexibility index (Phi) is 3.21. The Morgan fingerprint density at radius 2 is 2.43 bits per heavy atom. The molecule has 2 N–H and O–H groups in total. The molecule has 1 atom stereocenters. The van der Waals surface area contributed by atoms with Gasteiger partial charge in [-0.2, -0.15) is 0 Å². The second kappa shape index (κ2) is 4.43. The zero-order chi connectivity index (χ0) is 9.97. The van der Waals surface area contributed by atoms with E-state index in [0.717, 1.165) is 13.1 Å². The van der Waals surface area contributed by atoms with Gasteiger partial charge in [0.25, 0.3) is 0 Å². The second-order valence-electron chi connectivity index (χ2n) is 4.15. The number of rotatable bonds is 2. The Bertz CT molecular complexity index is 295. The van der Waals surface area contributed by atoms with Gasteiger partial charge in [-0.1, -0.05) is 0 Å². The summed E-state index contributed by atoms with van der Waals surface area (Å²) in [4.78, 5) is 5.34. The van der Waals surface area contributed by atoms with Crippen molar-refractivity contribution in [1.82, 2.24) is 4.90 Å². The minimum Gasteiger partial charge on any atom is -0.327 e. The average molecular weight is 210 g/mol. The molecule has 0 aromatic carbocycles. The number of nitrogens with two attached hydrogens (primary N) is 1. The second-order valence-corrected chi connectivity index (χ2v) is 5.52. The maximum atomic E-state index is 5.95. The van der Waals surface area contributed by atoms with E-state index >= 15 is 0 Å². The summed E-state index contributed by atoms with van der Waals surface area (Å²) in [5.74, 6) is 0. The van der Waals surface area contributed by atoms with Crippen molar-refractivity contribution in [2.45, 2.75) is 32.4 Å². The quantitative estimate of drug-likeness (QED) is 0.809. The van der Waals surface area contributed by atoms with Crippen LogP contribution in [0.5, 0.6) is 0 Å². The van der Waals surface area contributed by atoms with Gasteiger partial charge in [-0.15, -0.1) is 11.3 Å². The lowest BCUT2D eigenvalue weighted by Crippen LogP contribution is -2.42. The molecule has 0 radical (unpaired) electrons. The fraction of sp³-hybridized carbons (Fsp3) is 0.636. The molecular weight excluding hydrogens is 192 g/mol. The molecule has 1 aromatic rings. The van der Waals surface area contributed by atoms with E-state index in [1.807, 2.05) is 11.3 Å². The van der Waals surface area contributed by atoms with Crippen molar-refractivity contribution in [2.75, 3.05) is 13.1 Å². The van der Waals surface area contributed by atoms with Crippen LogP contribution in [0.2, 0.25) is 0 Å². The SMILES string of the molecule is Cc1ccc(CN2CCC[C@@H](N)C2)s1. The van der Waals surface area contributed by atoms with E-state index < -0.39 is 0 Å². The number of thiophene rings is 1. The first kappa shape index (κ1) is 10.1. The molecule has 2 rings (SSSR count). The summed E-state index contributed by atoms with van der Waals surface area (Å²) in [6.07, 6.45) is 2.45. The summed E-state index contributed by atoms with van der Waals surface area (Å²) >= 11 is 1.90. The van der Waals surface area contributed by atoms with E-state index in [0.29, 0.717) is 6.04 Å². The monoisotopic (exact) mass is 210 g/mol. The highest BCUT2D eigenvalue weighted by molar-refractivity contribution is 7.11. The molecule has 1 aliphatic heterocycles. The van der Waals surface area contributed by atoms with Crippen LogP contribution in [0, 0.1) is 6.92 Å². The molecule has 0 amide bonds. The van der Waals surface area contributed by atoms with E-state index in [2.05, 4.69) is 24.0 Å². The fourth-order valence-electron chi connectivity index (χ4n) is 2.03. The van der Waals surface area contributed by atoms with Gasteiger partial charge in [0.2, 0.25) is 0 Å². The lowest BCUT2D eigenvalue weighted by atomic mass is 10.1. The van der Waals surface area contributed by atoms with Gasteiger partial charge < -0.3 is 5.73 Å². The topological polar surface area (TPSA) is 29.3 Å². The summed E-state index contributed by atoms with van der Waals surface area (Å²) in [6.45, 7) is 5.53. The number of hydrogen-bond donors (Lipinski definition) is 1. The van der Waals surface area contributed by atoms with Gasteiger partial charge in [0.1, 0.15) is 0 Å². The van der Waals surface area contributed by atoms with E-state index in [1.165, 1.54) is 29.1 Å². The summed E-state index contributed by atoms with van der Waals surface area (Å²) < 4.78 is 0. The summed E-state index contributed by atoms with van der Waals surface area (Å²) in [6, 6.07) is 4.83. The molecule has 1 fully saturated rings. The Morgan fingerprint density at radius 3 is 3.07 bits per heavy atom. The average Bonchev–Trinajstić information content (AvgIpc) is 2.51. The third kappa shape index (κ3) is 2.56. The molecule has 0 spiro atoms. The van der Waals surface area contributed by atoms with Gasteiger partial charge in [0.05, 0.1) is 0 Å². The molecule has 3 heteroatoms. The number of aryl methyl sites for hydroxylation is 1. The van der Waals surface area contributed by atoms with Gasteiger partial charge >= 0.3 is 0 Å². The van der Waals surface area contributed by atoms with Crippen molar-refractivity contribution in [2.24, 2.45) is 5.73 Å². The van der Waals surface area contributed by atoms with Crippen LogP contribution in [-0.4, -0.2) is 24.0 Å². The fourth-order valence-corrected chi connectivity index (χ4v) is 2.96. The molecule has 2 nitrogen and oxygen atoms in total. The molecule has 0 bridgehead atoms. The van der Waals surface area contributed by atoms with Gasteiger partial charge in [-0.25, -0.2) is 0 Å². The number of nitrogens with zero attached hydrogens (tertiary/aromatic N) is 1. The van der Waals surface area contributed by atoms with Crippen LogP contribution in [0.1, 0.15) is 22.6 Å². The number of likely N-dealkylation sites (tertiary alicyclic amines) is 1. The summed E-state index contributed by atoms with van der Waals surface area (Å²) in [5.41, 5.74) is 5.95. The molecule has 14 heavy (non-hydrogen) atoms. The molecule has 2 heterocycles. The lowest BCUT2D eigenvalue weighted by Gasteiger charge is -2.30. The predicted octanol–water partition coefficient (Wildman–Crippen LogP) is 1.98. The smallest absolute Gasteiger partial charge is 0.0328 e. The van der Waals surface area contributed by atoms with Crippen LogP contribution in [0.25, 0.3) is 0 Å². The summed E-state index contributed by atoms with van der Waals surface area (Å²) in [5, 5.41) is 0. The van der Waals surface area contributed by atoms with Gasteiger partial charge in [0, 0.05) is 28.9 Å². The predicted molar refractivity (Wildman–Crippen MR) is 61.5 cm³/mol. The highest BCUT2D eigenvalue weighted by Gasteiger charge is 2.16. The maximum Gasteiger partial charge on any atom is 0.0328 e. The minimum absolute atomic E-state index is 0.393. The highest BCUT2D eigenvalue weighted by atomic mass is 32.1. The van der Waals surface area contributed by atoms with Crippen molar-refractivity contribution >= 4 is 11.3 Å². The van der Waals surface area contributed by atoms with Gasteiger partial charge in [0.15, 0.2) is 0 Å². The van der Waals surface area contributed by atoms with Crippen LogP contribution < -0.4 is 5.73 Å². The molecule has 0 aliphatic carbocycles. The molecule has 1 aliphatic rings. The van der Waals surface area contributed by atoms with Gasteiger partial charge in [-0.05, 0) is 38.4 Å². The lowest BCUT2D eigenvalue weighted by molar-refractivity contribution is 0.203.